The summed E-state index contributed by atoms with van der Waals surface area (Å²) in [5.41, 5.74) is 2.03. The number of hydrogen-bond acceptors (Lipinski definition) is 5. The monoisotopic (exact) mass is 613 g/mol. The zero-order chi connectivity index (χ0) is 30.2. The van der Waals surface area contributed by atoms with Crippen molar-refractivity contribution in [1.82, 2.24) is 14.7 Å². The first kappa shape index (κ1) is 30.7. The van der Waals surface area contributed by atoms with Crippen LogP contribution in [0, 0.1) is 17.3 Å². The van der Waals surface area contributed by atoms with Crippen LogP contribution in [-0.4, -0.2) is 87.0 Å². The van der Waals surface area contributed by atoms with Gasteiger partial charge in [0.1, 0.15) is 0 Å². The Balaban J connectivity index is 1.04. The maximum Gasteiger partial charge on any atom is 0.248 e. The van der Waals surface area contributed by atoms with E-state index in [0.717, 1.165) is 70.6 Å². The second-order valence-electron chi connectivity index (χ2n) is 13.8. The fourth-order valence-electron chi connectivity index (χ4n) is 8.09. The Morgan fingerprint density at radius 1 is 0.814 bits per heavy atom. The van der Waals surface area contributed by atoms with Crippen molar-refractivity contribution in [3.05, 3.63) is 65.7 Å². The molecule has 4 aliphatic rings. The maximum atomic E-state index is 13.7. The van der Waals surface area contributed by atoms with Crippen molar-refractivity contribution in [3.8, 4) is 0 Å². The van der Waals surface area contributed by atoms with Crippen molar-refractivity contribution in [1.29, 1.82) is 0 Å². The molecule has 9 heteroatoms. The van der Waals surface area contributed by atoms with Gasteiger partial charge in [-0.2, -0.15) is 0 Å². The fourth-order valence-corrected chi connectivity index (χ4v) is 8.72. The van der Waals surface area contributed by atoms with Crippen LogP contribution in [0.3, 0.4) is 0 Å². The summed E-state index contributed by atoms with van der Waals surface area (Å²) < 4.78 is 51.1. The molecule has 0 N–H and O–H groups in total. The summed E-state index contributed by atoms with van der Waals surface area (Å²) in [5.74, 6) is -0.969. The summed E-state index contributed by atoms with van der Waals surface area (Å²) in [4.78, 5) is 21.0. The van der Waals surface area contributed by atoms with Gasteiger partial charge in [0.25, 0.3) is 0 Å². The van der Waals surface area contributed by atoms with Gasteiger partial charge in [-0.25, -0.2) is 17.2 Å². The lowest BCUT2D eigenvalue weighted by atomic mass is 9.76. The number of likely N-dealkylation sites (tertiary alicyclic amines) is 3. The first-order valence-corrected chi connectivity index (χ1v) is 17.8. The van der Waals surface area contributed by atoms with E-state index in [1.807, 2.05) is 17.0 Å². The maximum absolute atomic E-state index is 13.7. The van der Waals surface area contributed by atoms with E-state index >= 15 is 0 Å². The highest BCUT2D eigenvalue weighted by Crippen LogP contribution is 2.43. The van der Waals surface area contributed by atoms with E-state index in [1.165, 1.54) is 11.8 Å². The number of carbonyl (C=O) groups is 1. The SMILES string of the molecule is CS(=O)(=O)c1ccc(CN2CCC3(CCN(CC4CN(CC5CCC(F)(F)CC5)CC4c4ccccc4)CC3)C2=O)cc1. The molecule has 1 aliphatic carbocycles. The highest BCUT2D eigenvalue weighted by molar-refractivity contribution is 7.90. The van der Waals surface area contributed by atoms with Gasteiger partial charge >= 0.3 is 0 Å². The molecule has 0 bridgehead atoms. The largest absolute Gasteiger partial charge is 0.338 e. The average Bonchev–Trinajstić information content (AvgIpc) is 3.52. The lowest BCUT2D eigenvalue weighted by Crippen LogP contribution is -2.46. The van der Waals surface area contributed by atoms with E-state index in [0.29, 0.717) is 42.0 Å². The number of sulfone groups is 1. The molecule has 0 radical (unpaired) electrons. The predicted octanol–water partition coefficient (Wildman–Crippen LogP) is 5.45. The van der Waals surface area contributed by atoms with Gasteiger partial charge in [-0.15, -0.1) is 0 Å². The van der Waals surface area contributed by atoms with Crippen molar-refractivity contribution in [2.24, 2.45) is 17.3 Å². The number of piperidine rings is 1. The number of nitrogens with zero attached hydrogens (tertiary/aromatic N) is 3. The zero-order valence-corrected chi connectivity index (χ0v) is 26.1. The Morgan fingerprint density at radius 2 is 1.47 bits per heavy atom. The van der Waals surface area contributed by atoms with Crippen LogP contribution in [-0.2, 0) is 21.2 Å². The van der Waals surface area contributed by atoms with Crippen molar-refractivity contribution in [3.63, 3.8) is 0 Å². The number of amides is 1. The Kier molecular flexibility index (Phi) is 8.70. The molecule has 0 aromatic heterocycles. The molecular formula is C34H45F2N3O3S. The van der Waals surface area contributed by atoms with E-state index in [4.69, 9.17) is 0 Å². The molecule has 1 amide bonds. The molecule has 43 heavy (non-hydrogen) atoms. The average molecular weight is 614 g/mol. The second kappa shape index (κ2) is 12.2. The third kappa shape index (κ3) is 6.99. The normalized spacial score (nSPS) is 26.9. The number of carbonyl (C=O) groups excluding carboxylic acids is 1. The van der Waals surface area contributed by atoms with Crippen molar-refractivity contribution in [2.75, 3.05) is 52.1 Å². The Bertz CT molecular complexity index is 1370. The minimum absolute atomic E-state index is 0.0260. The Hall–Kier alpha value is -2.36. The molecule has 3 heterocycles. The minimum atomic E-state index is -3.24. The van der Waals surface area contributed by atoms with E-state index in [2.05, 4.69) is 40.1 Å². The van der Waals surface area contributed by atoms with Crippen LogP contribution in [0.1, 0.15) is 62.0 Å². The quantitative estimate of drug-likeness (QED) is 0.397. The van der Waals surface area contributed by atoms with Gasteiger partial charge in [0.05, 0.1) is 10.3 Å². The van der Waals surface area contributed by atoms with E-state index in [1.54, 1.807) is 12.1 Å². The molecule has 1 saturated carbocycles. The highest BCUT2D eigenvalue weighted by Gasteiger charge is 2.48. The summed E-state index contributed by atoms with van der Waals surface area (Å²) in [7, 11) is -3.24. The molecule has 3 saturated heterocycles. The van der Waals surface area contributed by atoms with Crippen LogP contribution >= 0.6 is 0 Å². The molecule has 4 fully saturated rings. The molecule has 6 nitrogen and oxygen atoms in total. The van der Waals surface area contributed by atoms with Crippen LogP contribution in [0.2, 0.25) is 0 Å². The fraction of sp³-hybridized carbons (Fsp3) is 0.618. The summed E-state index contributed by atoms with van der Waals surface area (Å²) in [5, 5.41) is 0. The van der Waals surface area contributed by atoms with E-state index in [-0.39, 0.29) is 24.2 Å². The molecular weight excluding hydrogens is 568 g/mol. The van der Waals surface area contributed by atoms with E-state index in [9.17, 15) is 22.0 Å². The smallest absolute Gasteiger partial charge is 0.248 e. The third-order valence-electron chi connectivity index (χ3n) is 10.7. The van der Waals surface area contributed by atoms with Crippen LogP contribution in [0.15, 0.2) is 59.5 Å². The van der Waals surface area contributed by atoms with Gasteiger partial charge < -0.3 is 14.7 Å². The summed E-state index contributed by atoms with van der Waals surface area (Å²) in [6, 6.07) is 17.6. The van der Waals surface area contributed by atoms with Crippen molar-refractivity contribution >= 4 is 15.7 Å². The number of benzene rings is 2. The van der Waals surface area contributed by atoms with E-state index < -0.39 is 15.8 Å². The van der Waals surface area contributed by atoms with Gasteiger partial charge in [0, 0.05) is 64.3 Å². The summed E-state index contributed by atoms with van der Waals surface area (Å²) in [6.07, 6.45) is 5.12. The first-order chi connectivity index (χ1) is 20.5. The number of halogens is 2. The minimum Gasteiger partial charge on any atom is -0.338 e. The molecule has 2 aromatic rings. The zero-order valence-electron chi connectivity index (χ0n) is 25.3. The summed E-state index contributed by atoms with van der Waals surface area (Å²) in [6.45, 7) is 6.99. The van der Waals surface area contributed by atoms with Gasteiger partial charge in [-0.05, 0) is 80.3 Å². The molecule has 2 unspecified atom stereocenters. The topological polar surface area (TPSA) is 60.9 Å². The number of rotatable bonds is 8. The third-order valence-corrected chi connectivity index (χ3v) is 11.9. The van der Waals surface area contributed by atoms with Gasteiger partial charge in [0.2, 0.25) is 11.8 Å². The van der Waals surface area contributed by atoms with Gasteiger partial charge in [0.15, 0.2) is 9.84 Å². The molecule has 2 atom stereocenters. The standard InChI is InChI=1S/C34H45F2N3O3S/c1-43(41,42)30-9-7-26(8-10-30)22-39-20-17-33(32(39)40)15-18-37(19-16-33)23-29-24-38(21-27-11-13-34(35,36)14-12-27)25-31(29)28-5-3-2-4-6-28/h2-10,27,29,31H,11-25H2,1H3. The number of alkyl halides is 2. The summed E-state index contributed by atoms with van der Waals surface area (Å²) >= 11 is 0. The van der Waals surface area contributed by atoms with Crippen LogP contribution in [0.4, 0.5) is 8.78 Å². The van der Waals surface area contributed by atoms with Crippen LogP contribution in [0.25, 0.3) is 0 Å². The molecule has 6 rings (SSSR count). The van der Waals surface area contributed by atoms with Crippen LogP contribution in [0.5, 0.6) is 0 Å². The molecule has 3 aliphatic heterocycles. The lowest BCUT2D eigenvalue weighted by molar-refractivity contribution is -0.139. The predicted molar refractivity (Wildman–Crippen MR) is 164 cm³/mol. The number of hydrogen-bond donors (Lipinski definition) is 0. The van der Waals surface area contributed by atoms with Crippen molar-refractivity contribution < 1.29 is 22.0 Å². The Labute approximate surface area is 255 Å². The van der Waals surface area contributed by atoms with Crippen molar-refractivity contribution in [2.45, 2.75) is 68.2 Å². The molecule has 2 aromatic carbocycles. The lowest BCUT2D eigenvalue weighted by Gasteiger charge is -2.39. The van der Waals surface area contributed by atoms with Crippen LogP contribution < -0.4 is 0 Å². The first-order valence-electron chi connectivity index (χ1n) is 16.0. The Morgan fingerprint density at radius 3 is 2.12 bits per heavy atom. The molecule has 1 spiro atoms. The molecule has 234 valence electrons. The second-order valence-corrected chi connectivity index (χ2v) is 15.8. The van der Waals surface area contributed by atoms with Gasteiger partial charge in [-0.3, -0.25) is 4.79 Å². The highest BCUT2D eigenvalue weighted by atomic mass is 32.2. The van der Waals surface area contributed by atoms with Gasteiger partial charge in [-0.1, -0.05) is 42.5 Å².